The van der Waals surface area contributed by atoms with E-state index in [1.165, 1.54) is 0 Å². The summed E-state index contributed by atoms with van der Waals surface area (Å²) in [6.07, 6.45) is 1.77. The van der Waals surface area contributed by atoms with E-state index in [0.29, 0.717) is 5.69 Å². The van der Waals surface area contributed by atoms with Crippen LogP contribution in [0.4, 0.5) is 0 Å². The van der Waals surface area contributed by atoms with Gasteiger partial charge >= 0.3 is 0 Å². The first kappa shape index (κ1) is 10.6. The van der Waals surface area contributed by atoms with Gasteiger partial charge in [0, 0.05) is 13.2 Å². The molecule has 0 aromatic carbocycles. The third kappa shape index (κ3) is 2.50. The number of hydrogen-bond acceptors (Lipinski definition) is 2. The molecule has 0 saturated heterocycles. The average Bonchev–Trinajstić information content (AvgIpc) is 2.60. The Kier molecular flexibility index (Phi) is 3.53. The first-order valence-electron chi connectivity index (χ1n) is 3.95. The molecule has 0 fully saturated rings. The van der Waals surface area contributed by atoms with E-state index in [2.05, 4.69) is 10.5 Å². The molecule has 0 atom stereocenters. The van der Waals surface area contributed by atoms with Gasteiger partial charge in [-0.15, -0.1) is 11.6 Å². The molecule has 0 aliphatic carbocycles. The SMILES string of the molecule is Cn1cccc1C(=O)N/N=C(/N)CCl. The Bertz CT molecular complexity index is 358. The quantitative estimate of drug-likeness (QED) is 0.328. The van der Waals surface area contributed by atoms with Crippen LogP contribution in [0.1, 0.15) is 10.5 Å². The summed E-state index contributed by atoms with van der Waals surface area (Å²) in [5.74, 6) is -0.0484. The van der Waals surface area contributed by atoms with E-state index in [4.69, 9.17) is 17.3 Å². The van der Waals surface area contributed by atoms with E-state index in [0.717, 1.165) is 0 Å². The molecule has 1 rings (SSSR count). The summed E-state index contributed by atoms with van der Waals surface area (Å²) in [7, 11) is 1.77. The van der Waals surface area contributed by atoms with Gasteiger partial charge in [-0.05, 0) is 12.1 Å². The van der Waals surface area contributed by atoms with Crippen molar-refractivity contribution in [2.24, 2.45) is 17.9 Å². The molecule has 0 saturated carbocycles. The number of aryl methyl sites for hydroxylation is 1. The normalized spacial score (nSPS) is 11.4. The molecule has 0 spiro atoms. The fraction of sp³-hybridized carbons (Fsp3) is 0.250. The molecule has 6 heteroatoms. The lowest BCUT2D eigenvalue weighted by Crippen LogP contribution is -2.25. The lowest BCUT2D eigenvalue weighted by molar-refractivity contribution is 0.0946. The molecule has 5 nitrogen and oxygen atoms in total. The summed E-state index contributed by atoms with van der Waals surface area (Å²) >= 11 is 5.38. The van der Waals surface area contributed by atoms with Gasteiger partial charge < -0.3 is 10.3 Å². The van der Waals surface area contributed by atoms with Crippen LogP contribution in [-0.4, -0.2) is 22.2 Å². The van der Waals surface area contributed by atoms with Gasteiger partial charge in [0.2, 0.25) is 0 Å². The van der Waals surface area contributed by atoms with Gasteiger partial charge in [-0.25, -0.2) is 5.43 Å². The molecule has 3 N–H and O–H groups in total. The highest BCUT2D eigenvalue weighted by atomic mass is 35.5. The Labute approximate surface area is 86.5 Å². The Morgan fingerprint density at radius 3 is 3.00 bits per heavy atom. The number of rotatable bonds is 3. The largest absolute Gasteiger partial charge is 0.385 e. The maximum absolute atomic E-state index is 11.4. The Balaban J connectivity index is 2.65. The monoisotopic (exact) mass is 214 g/mol. The topological polar surface area (TPSA) is 72.4 Å². The van der Waals surface area contributed by atoms with Crippen LogP contribution in [0.2, 0.25) is 0 Å². The number of hydrazone groups is 1. The number of aromatic nitrogens is 1. The van der Waals surface area contributed by atoms with E-state index in [9.17, 15) is 4.79 Å². The molecule has 1 aromatic heterocycles. The zero-order chi connectivity index (χ0) is 10.6. The van der Waals surface area contributed by atoms with Crippen LogP contribution in [0.15, 0.2) is 23.4 Å². The number of carbonyl (C=O) groups excluding carboxylic acids is 1. The molecule has 0 radical (unpaired) electrons. The summed E-state index contributed by atoms with van der Waals surface area (Å²) < 4.78 is 1.68. The van der Waals surface area contributed by atoms with Crippen LogP contribution < -0.4 is 11.2 Å². The van der Waals surface area contributed by atoms with Crippen molar-refractivity contribution in [2.75, 3.05) is 5.88 Å². The smallest absolute Gasteiger partial charge is 0.288 e. The van der Waals surface area contributed by atoms with Crippen molar-refractivity contribution in [1.29, 1.82) is 0 Å². The van der Waals surface area contributed by atoms with Crippen LogP contribution in [0.25, 0.3) is 0 Å². The van der Waals surface area contributed by atoms with Crippen molar-refractivity contribution >= 4 is 23.3 Å². The molecule has 0 aliphatic heterocycles. The first-order chi connectivity index (χ1) is 6.65. The van der Waals surface area contributed by atoms with E-state index in [1.54, 1.807) is 29.9 Å². The first-order valence-corrected chi connectivity index (χ1v) is 4.48. The fourth-order valence-corrected chi connectivity index (χ4v) is 0.967. The van der Waals surface area contributed by atoms with Crippen molar-refractivity contribution < 1.29 is 4.79 Å². The third-order valence-corrected chi connectivity index (χ3v) is 1.89. The minimum absolute atomic E-state index is 0.0907. The molecule has 0 bridgehead atoms. The molecule has 1 aromatic rings. The van der Waals surface area contributed by atoms with Crippen LogP contribution >= 0.6 is 11.6 Å². The lowest BCUT2D eigenvalue weighted by atomic mass is 10.4. The second kappa shape index (κ2) is 4.66. The van der Waals surface area contributed by atoms with Crippen molar-refractivity contribution in [3.8, 4) is 0 Å². The second-order valence-electron chi connectivity index (χ2n) is 2.68. The molecule has 1 heterocycles. The van der Waals surface area contributed by atoms with Crippen LogP contribution in [0.5, 0.6) is 0 Å². The average molecular weight is 215 g/mol. The highest BCUT2D eigenvalue weighted by Gasteiger charge is 2.06. The van der Waals surface area contributed by atoms with Gasteiger partial charge in [0.1, 0.15) is 11.5 Å². The van der Waals surface area contributed by atoms with Crippen LogP contribution in [-0.2, 0) is 7.05 Å². The molecule has 0 unspecified atom stereocenters. The Morgan fingerprint density at radius 1 is 1.79 bits per heavy atom. The maximum atomic E-state index is 11.4. The highest BCUT2D eigenvalue weighted by molar-refractivity contribution is 6.28. The van der Waals surface area contributed by atoms with Gasteiger partial charge in [-0.3, -0.25) is 4.79 Å². The van der Waals surface area contributed by atoms with Gasteiger partial charge in [0.15, 0.2) is 0 Å². The zero-order valence-electron chi connectivity index (χ0n) is 7.70. The standard InChI is InChI=1S/C8H11ClN4O/c1-13-4-2-3-6(13)8(14)12-11-7(10)5-9/h2-4H,5H2,1H3,(H2,10,11)(H,12,14). The summed E-state index contributed by atoms with van der Waals surface area (Å²) in [6, 6.07) is 3.45. The second-order valence-corrected chi connectivity index (χ2v) is 2.95. The van der Waals surface area contributed by atoms with Gasteiger partial charge in [0.25, 0.3) is 5.91 Å². The number of nitrogens with two attached hydrogens (primary N) is 1. The predicted octanol–water partition coefficient (Wildman–Crippen LogP) is 0.266. The van der Waals surface area contributed by atoms with Crippen molar-refractivity contribution in [1.82, 2.24) is 9.99 Å². The molecule has 76 valence electrons. The third-order valence-electron chi connectivity index (χ3n) is 1.61. The number of carbonyl (C=O) groups is 1. The molecular formula is C8H11ClN4O. The number of amides is 1. The van der Waals surface area contributed by atoms with Gasteiger partial charge in [-0.1, -0.05) is 0 Å². The number of halogens is 1. The zero-order valence-corrected chi connectivity index (χ0v) is 8.45. The van der Waals surface area contributed by atoms with Crippen LogP contribution in [0, 0.1) is 0 Å². The fourth-order valence-electron chi connectivity index (χ4n) is 0.907. The van der Waals surface area contributed by atoms with Gasteiger partial charge in [0.05, 0.1) is 5.88 Å². The van der Waals surface area contributed by atoms with Crippen molar-refractivity contribution in [2.45, 2.75) is 0 Å². The molecule has 1 amide bonds. The minimum Gasteiger partial charge on any atom is -0.385 e. The van der Waals surface area contributed by atoms with E-state index < -0.39 is 0 Å². The predicted molar refractivity (Wildman–Crippen MR) is 55.2 cm³/mol. The molecule has 14 heavy (non-hydrogen) atoms. The van der Waals surface area contributed by atoms with E-state index >= 15 is 0 Å². The number of alkyl halides is 1. The molecule has 0 aliphatic rings. The number of nitrogens with one attached hydrogen (secondary N) is 1. The number of amidine groups is 1. The highest BCUT2D eigenvalue weighted by Crippen LogP contribution is 1.98. The summed E-state index contributed by atoms with van der Waals surface area (Å²) in [5.41, 5.74) is 8.11. The van der Waals surface area contributed by atoms with Crippen molar-refractivity contribution in [3.63, 3.8) is 0 Å². The van der Waals surface area contributed by atoms with E-state index in [1.807, 2.05) is 0 Å². The van der Waals surface area contributed by atoms with E-state index in [-0.39, 0.29) is 17.6 Å². The summed E-state index contributed by atoms with van der Waals surface area (Å²) in [6.45, 7) is 0. The van der Waals surface area contributed by atoms with Crippen LogP contribution in [0.3, 0.4) is 0 Å². The Hall–Kier alpha value is -1.49. The van der Waals surface area contributed by atoms with Gasteiger partial charge in [-0.2, -0.15) is 5.10 Å². The Morgan fingerprint density at radius 2 is 2.50 bits per heavy atom. The maximum Gasteiger partial charge on any atom is 0.288 e. The number of nitrogens with zero attached hydrogens (tertiary/aromatic N) is 2. The summed E-state index contributed by atoms with van der Waals surface area (Å²) in [5, 5.41) is 3.59. The number of hydrogen-bond donors (Lipinski definition) is 2. The minimum atomic E-state index is -0.314. The van der Waals surface area contributed by atoms with Crippen molar-refractivity contribution in [3.05, 3.63) is 24.0 Å². The lowest BCUT2D eigenvalue weighted by Gasteiger charge is -2.01. The summed E-state index contributed by atoms with van der Waals surface area (Å²) in [4.78, 5) is 11.4. The molecular weight excluding hydrogens is 204 g/mol.